The molecule has 100 heavy (non-hydrogen) atoms. The minimum atomic E-state index is -1.73. The van der Waals surface area contributed by atoms with Crippen molar-refractivity contribution in [3.8, 4) is 0 Å². The van der Waals surface area contributed by atoms with Crippen molar-refractivity contribution < 1.29 is 87.2 Å². The van der Waals surface area contributed by atoms with E-state index in [1.54, 1.807) is 55.4 Å². The van der Waals surface area contributed by atoms with Crippen molar-refractivity contribution in [3.63, 3.8) is 0 Å². The molecule has 0 aliphatic carbocycles. The lowest BCUT2D eigenvalue weighted by molar-refractivity contribution is -0.142. The topological polar surface area (TPSA) is 507 Å². The standard InChI is InChI=1S/C72H126N10O18/c1-40(2)25-46(67(77)95)31-61(86)55(37-64(89)90)80-71(99)48(27-42(5)6)33-59(84)53(20-14-17-23-74)78-69(97)51(30-45(11)12)36-63(88)57(39-66(93)94)82-72(100)49(28-43(7)8)34-60(85)54(21-15-18-24-75)79-68(96)50(29-44(9)10)35-62(87)56(38-65(91)92)81-70(98)47(26-41(3)4)32-58(83)52(76)19-13-16-22-73/h40-57H,13-39,73-76H2,1-12H3,(H2,77,95)(H,78,97)(H,79,96)(H,80,99)(H,81,98)(H,82,100)(H,89,90)(H,91,92)(H,93,94)/t46-,47-,48-,49-,50-,51-,52+,53+,54+,55+,56+,57+/m1/s1. The van der Waals surface area contributed by atoms with Crippen LogP contribution in [0.2, 0.25) is 0 Å². The maximum atomic E-state index is 14.6. The fourth-order valence-corrected chi connectivity index (χ4v) is 12.4. The van der Waals surface area contributed by atoms with Gasteiger partial charge in [-0.3, -0.25) is 71.9 Å². The molecule has 0 bridgehead atoms. The van der Waals surface area contributed by atoms with Gasteiger partial charge in [0.15, 0.2) is 28.9 Å². The van der Waals surface area contributed by atoms with Crippen LogP contribution in [-0.2, 0) is 71.9 Å². The molecule has 0 heterocycles. The number of unbranched alkanes of at least 4 members (excludes halogenated alkanes) is 3. The van der Waals surface area contributed by atoms with Crippen molar-refractivity contribution in [2.45, 2.75) is 273 Å². The molecule has 0 aliphatic rings. The summed E-state index contributed by atoms with van der Waals surface area (Å²) in [6.07, 6.45) is -1.52. The van der Waals surface area contributed by atoms with Gasteiger partial charge in [-0.1, -0.05) is 89.5 Å². The normalized spacial score (nSPS) is 15.3. The van der Waals surface area contributed by atoms with Gasteiger partial charge in [0.1, 0.15) is 5.78 Å². The van der Waals surface area contributed by atoms with E-state index in [2.05, 4.69) is 26.6 Å². The maximum Gasteiger partial charge on any atom is 0.305 e. The molecule has 0 saturated carbocycles. The second kappa shape index (κ2) is 49.6. The molecular formula is C72H126N10O18. The van der Waals surface area contributed by atoms with Crippen molar-refractivity contribution in [2.24, 2.45) is 99.7 Å². The first-order valence-electron chi connectivity index (χ1n) is 36.1. The van der Waals surface area contributed by atoms with E-state index in [1.165, 1.54) is 0 Å². The number of carboxylic acid groups (broad SMARTS) is 3. The maximum absolute atomic E-state index is 14.6. The van der Waals surface area contributed by atoms with Crippen molar-refractivity contribution in [1.82, 2.24) is 26.6 Å². The largest absolute Gasteiger partial charge is 0.481 e. The number of Topliss-reactive ketones (excluding diaryl/α,β-unsaturated/α-hetero) is 6. The van der Waals surface area contributed by atoms with Crippen LogP contribution < -0.4 is 55.3 Å². The lowest BCUT2D eigenvalue weighted by Gasteiger charge is -2.28. The Bertz CT molecular complexity index is 2670. The Morgan fingerprint density at radius 2 is 0.480 bits per heavy atom. The number of nitrogens with one attached hydrogen (secondary N) is 5. The molecular weight excluding hydrogens is 1290 g/mol. The molecule has 28 heteroatoms. The van der Waals surface area contributed by atoms with Crippen LogP contribution in [0.1, 0.15) is 237 Å². The van der Waals surface area contributed by atoms with Gasteiger partial charge in [-0.15, -0.1) is 0 Å². The number of carbonyl (C=O) groups is 15. The summed E-state index contributed by atoms with van der Waals surface area (Å²) in [4.78, 5) is 205. The Labute approximate surface area is 592 Å². The monoisotopic (exact) mass is 1420 g/mol. The lowest BCUT2D eigenvalue weighted by atomic mass is 9.86. The summed E-state index contributed by atoms with van der Waals surface area (Å²) in [5, 5.41) is 43.0. The molecule has 28 nitrogen and oxygen atoms in total. The van der Waals surface area contributed by atoms with E-state index in [0.29, 0.717) is 51.5 Å². The molecule has 0 radical (unpaired) electrons. The van der Waals surface area contributed by atoms with Crippen LogP contribution in [0.15, 0.2) is 0 Å². The van der Waals surface area contributed by atoms with E-state index < -0.39 is 205 Å². The first-order chi connectivity index (χ1) is 46.7. The average molecular weight is 1420 g/mol. The molecule has 0 aromatic rings. The lowest BCUT2D eigenvalue weighted by Crippen LogP contribution is -2.50. The van der Waals surface area contributed by atoms with E-state index in [0.717, 1.165) is 0 Å². The van der Waals surface area contributed by atoms with Gasteiger partial charge < -0.3 is 70.6 Å². The summed E-state index contributed by atoms with van der Waals surface area (Å²) in [6.45, 7) is 22.4. The summed E-state index contributed by atoms with van der Waals surface area (Å²) < 4.78 is 0. The Kier molecular flexibility index (Phi) is 46.2. The number of aliphatic carboxylic acids is 3. The highest BCUT2D eigenvalue weighted by atomic mass is 16.4. The average Bonchev–Trinajstić information content (AvgIpc) is 0.854. The van der Waals surface area contributed by atoms with Gasteiger partial charge in [0, 0.05) is 74.0 Å². The molecule has 0 unspecified atom stereocenters. The first kappa shape index (κ1) is 93.1. The van der Waals surface area contributed by atoms with E-state index >= 15 is 0 Å². The number of carbonyl (C=O) groups excluding carboxylic acids is 12. The Morgan fingerprint density at radius 1 is 0.280 bits per heavy atom. The van der Waals surface area contributed by atoms with Gasteiger partial charge in [-0.2, -0.15) is 0 Å². The first-order valence-corrected chi connectivity index (χ1v) is 36.1. The molecule has 572 valence electrons. The summed E-state index contributed by atoms with van der Waals surface area (Å²) in [6, 6.07) is -8.27. The van der Waals surface area contributed by atoms with E-state index in [4.69, 9.17) is 28.7 Å². The number of rotatable bonds is 59. The minimum Gasteiger partial charge on any atom is -0.481 e. The van der Waals surface area contributed by atoms with Gasteiger partial charge >= 0.3 is 17.9 Å². The van der Waals surface area contributed by atoms with Gasteiger partial charge in [0.2, 0.25) is 35.4 Å². The van der Waals surface area contributed by atoms with Crippen LogP contribution in [0.4, 0.5) is 0 Å². The third-order valence-electron chi connectivity index (χ3n) is 17.4. The van der Waals surface area contributed by atoms with E-state index in [-0.39, 0.29) is 112 Å². The zero-order valence-corrected chi connectivity index (χ0v) is 61.8. The van der Waals surface area contributed by atoms with Crippen molar-refractivity contribution in [3.05, 3.63) is 0 Å². The SMILES string of the molecule is CC(C)C[C@H](CC(=O)[C@H](CC(=O)O)NC(=O)[C@@H](CC(=O)[C@H](CCCCN)NC(=O)[C@@H](CC(=O)[C@H](CC(=O)O)NC(=O)[C@@H](CC(=O)[C@H](CCCCN)NC(=O)[C@@H](CC(=O)[C@H](CC(=O)O)NC(=O)[C@@H](CC(=O)[C@@H](N)CCCCN)CC(C)C)CC(C)C)CC(C)C)CC(C)C)CC(C)C)C(N)=O. The highest BCUT2D eigenvalue weighted by Crippen LogP contribution is 2.27. The van der Waals surface area contributed by atoms with Crippen LogP contribution in [0.25, 0.3) is 0 Å². The quantitative estimate of drug-likeness (QED) is 0.0365. The third-order valence-corrected chi connectivity index (χ3v) is 17.4. The number of hydrogen-bond acceptors (Lipinski definition) is 19. The Balaban J connectivity index is 7.12. The second-order valence-corrected chi connectivity index (χ2v) is 29.9. The summed E-state index contributed by atoms with van der Waals surface area (Å²) in [5.74, 6) is -20.6. The predicted molar refractivity (Wildman–Crippen MR) is 378 cm³/mol. The van der Waals surface area contributed by atoms with Crippen molar-refractivity contribution in [1.29, 1.82) is 0 Å². The number of carboxylic acids is 3. The molecule has 0 aromatic carbocycles. The van der Waals surface area contributed by atoms with Crippen LogP contribution in [-0.4, -0.2) is 159 Å². The van der Waals surface area contributed by atoms with Crippen LogP contribution in [0.5, 0.6) is 0 Å². The molecule has 0 saturated heterocycles. The molecule has 0 fully saturated rings. The second-order valence-electron chi connectivity index (χ2n) is 29.9. The summed E-state index contributed by atoms with van der Waals surface area (Å²) in [7, 11) is 0. The fourth-order valence-electron chi connectivity index (χ4n) is 12.4. The van der Waals surface area contributed by atoms with Crippen LogP contribution >= 0.6 is 0 Å². The molecule has 0 spiro atoms. The minimum absolute atomic E-state index is 0.0360. The molecule has 6 amide bonds. The Morgan fingerprint density at radius 3 is 0.700 bits per heavy atom. The predicted octanol–water partition coefficient (Wildman–Crippen LogP) is 4.76. The fraction of sp³-hybridized carbons (Fsp3) is 0.792. The summed E-state index contributed by atoms with van der Waals surface area (Å²) >= 11 is 0. The van der Waals surface area contributed by atoms with E-state index in [1.807, 2.05) is 27.7 Å². The molecule has 0 aliphatic heterocycles. The molecule has 0 rings (SSSR count). The number of primary amides is 1. The zero-order valence-electron chi connectivity index (χ0n) is 61.8. The van der Waals surface area contributed by atoms with Crippen molar-refractivity contribution in [2.75, 3.05) is 19.6 Å². The van der Waals surface area contributed by atoms with Gasteiger partial charge in [-0.05, 0) is 145 Å². The highest BCUT2D eigenvalue weighted by molar-refractivity contribution is 6.00. The van der Waals surface area contributed by atoms with Crippen LogP contribution in [0, 0.1) is 71.0 Å². The summed E-state index contributed by atoms with van der Waals surface area (Å²) in [5.41, 5.74) is 29.0. The van der Waals surface area contributed by atoms with Gasteiger partial charge in [0.25, 0.3) is 0 Å². The van der Waals surface area contributed by atoms with Crippen molar-refractivity contribution >= 4 is 88.1 Å². The molecule has 18 N–H and O–H groups in total. The van der Waals surface area contributed by atoms with Gasteiger partial charge in [-0.25, -0.2) is 0 Å². The third kappa shape index (κ3) is 39.9. The number of nitrogens with two attached hydrogens (primary N) is 5. The Hall–Kier alpha value is -6.91. The number of ketones is 6. The zero-order chi connectivity index (χ0) is 76.7. The smallest absolute Gasteiger partial charge is 0.305 e. The van der Waals surface area contributed by atoms with Crippen LogP contribution in [0.3, 0.4) is 0 Å². The molecule has 0 aromatic heterocycles. The number of hydrogen-bond donors (Lipinski definition) is 13. The number of amides is 6. The van der Waals surface area contributed by atoms with Gasteiger partial charge in [0.05, 0.1) is 55.5 Å². The van der Waals surface area contributed by atoms with E-state index in [9.17, 15) is 87.2 Å². The molecule has 12 atom stereocenters. The highest BCUT2D eigenvalue weighted by Gasteiger charge is 2.39.